The monoisotopic (exact) mass is 481 g/mol. The minimum Gasteiger partial charge on any atom is -0.456 e. The zero-order valence-electron chi connectivity index (χ0n) is 17.2. The zero-order valence-corrected chi connectivity index (χ0v) is 18.0. The number of rotatable bonds is 3. The van der Waals surface area contributed by atoms with E-state index >= 15 is 0 Å². The second-order valence-corrected chi connectivity index (χ2v) is 9.31. The van der Waals surface area contributed by atoms with Crippen LogP contribution in [0, 0.1) is 0 Å². The van der Waals surface area contributed by atoms with E-state index < -0.39 is 21.4 Å². The Morgan fingerprint density at radius 2 is 1.26 bits per heavy atom. The third-order valence-corrected chi connectivity index (χ3v) is 6.73. The third kappa shape index (κ3) is 2.97. The van der Waals surface area contributed by atoms with Crippen molar-refractivity contribution in [3.63, 3.8) is 0 Å². The molecule has 0 amide bonds. The summed E-state index contributed by atoms with van der Waals surface area (Å²) in [6.45, 7) is 0. The second kappa shape index (κ2) is 7.01. The molecule has 170 valence electrons. The summed E-state index contributed by atoms with van der Waals surface area (Å²) < 4.78 is 76.2. The number of hydrogen-bond acceptors (Lipinski definition) is 4. The Labute approximate surface area is 190 Å². The van der Waals surface area contributed by atoms with Gasteiger partial charge in [-0.1, -0.05) is 54.6 Å². The van der Waals surface area contributed by atoms with Crippen molar-refractivity contribution in [2.45, 2.75) is 5.51 Å². The van der Waals surface area contributed by atoms with E-state index in [4.69, 9.17) is 8.60 Å². The first-order valence-electron chi connectivity index (χ1n) is 10.2. The Bertz CT molecular complexity index is 1800. The molecule has 0 aliphatic carbocycles. The third-order valence-electron chi connectivity index (χ3n) is 5.76. The second-order valence-electron chi connectivity index (χ2n) is 7.77. The molecule has 0 N–H and O–H groups in total. The van der Waals surface area contributed by atoms with Crippen molar-refractivity contribution in [1.82, 2.24) is 4.57 Å². The van der Waals surface area contributed by atoms with Gasteiger partial charge in [0.05, 0.1) is 16.7 Å². The fourth-order valence-electron chi connectivity index (χ4n) is 4.33. The van der Waals surface area contributed by atoms with Gasteiger partial charge in [0.15, 0.2) is 5.75 Å². The molecule has 9 heteroatoms. The molecule has 0 aliphatic heterocycles. The quantitative estimate of drug-likeness (QED) is 0.204. The highest BCUT2D eigenvalue weighted by molar-refractivity contribution is 7.88. The lowest BCUT2D eigenvalue weighted by atomic mass is 10.1. The molecule has 2 heterocycles. The van der Waals surface area contributed by atoms with E-state index in [0.717, 1.165) is 10.8 Å². The Hall–Kier alpha value is -3.98. The van der Waals surface area contributed by atoms with Crippen LogP contribution in [0.5, 0.6) is 5.75 Å². The van der Waals surface area contributed by atoms with Crippen molar-refractivity contribution in [2.24, 2.45) is 0 Å². The van der Waals surface area contributed by atoms with Gasteiger partial charge in [-0.3, -0.25) is 0 Å². The van der Waals surface area contributed by atoms with E-state index in [1.807, 2.05) is 24.3 Å². The molecule has 0 unspecified atom stereocenters. The Kier molecular flexibility index (Phi) is 4.25. The van der Waals surface area contributed by atoms with Crippen LogP contribution in [-0.2, 0) is 10.1 Å². The van der Waals surface area contributed by atoms with Crippen LogP contribution < -0.4 is 4.18 Å². The number of furan rings is 1. The average molecular weight is 481 g/mol. The topological polar surface area (TPSA) is 61.4 Å². The normalized spacial score (nSPS) is 12.8. The molecule has 0 radical (unpaired) electrons. The summed E-state index contributed by atoms with van der Waals surface area (Å²) in [4.78, 5) is 0. The van der Waals surface area contributed by atoms with Gasteiger partial charge in [0.25, 0.3) is 0 Å². The smallest absolute Gasteiger partial charge is 0.456 e. The molecule has 0 fully saturated rings. The van der Waals surface area contributed by atoms with Gasteiger partial charge in [0.2, 0.25) is 0 Å². The van der Waals surface area contributed by atoms with E-state index in [-0.39, 0.29) is 5.69 Å². The SMILES string of the molecule is O=S(=O)(Oc1cc2c(cc1-n1c3ccccc3c3ccccc31)oc1ccccc12)C(F)(F)F. The van der Waals surface area contributed by atoms with Gasteiger partial charge in [0.1, 0.15) is 11.2 Å². The van der Waals surface area contributed by atoms with Gasteiger partial charge in [0, 0.05) is 27.6 Å². The minimum atomic E-state index is -5.92. The molecule has 6 aromatic rings. The summed E-state index contributed by atoms with van der Waals surface area (Å²) in [5.41, 5.74) is -3.23. The molecule has 0 aliphatic rings. The van der Waals surface area contributed by atoms with Crippen molar-refractivity contribution in [1.29, 1.82) is 0 Å². The predicted molar refractivity (Wildman–Crippen MR) is 124 cm³/mol. The maximum Gasteiger partial charge on any atom is 0.534 e. The highest BCUT2D eigenvalue weighted by atomic mass is 32.2. The predicted octanol–water partition coefficient (Wildman–Crippen LogP) is 6.91. The summed E-state index contributed by atoms with van der Waals surface area (Å²) in [6, 6.07) is 24.5. The van der Waals surface area contributed by atoms with Crippen molar-refractivity contribution < 1.29 is 30.2 Å². The van der Waals surface area contributed by atoms with Crippen LogP contribution in [0.25, 0.3) is 49.4 Å². The van der Waals surface area contributed by atoms with E-state index in [0.29, 0.717) is 33.0 Å². The van der Waals surface area contributed by atoms with Crippen molar-refractivity contribution in [3.8, 4) is 11.4 Å². The average Bonchev–Trinajstić information content (AvgIpc) is 3.33. The maximum atomic E-state index is 13.3. The minimum absolute atomic E-state index is 0.108. The van der Waals surface area contributed by atoms with Crippen LogP contribution in [0.1, 0.15) is 0 Å². The summed E-state index contributed by atoms with van der Waals surface area (Å²) in [7, 11) is -5.92. The molecule has 34 heavy (non-hydrogen) atoms. The molecule has 0 saturated carbocycles. The van der Waals surface area contributed by atoms with E-state index in [9.17, 15) is 21.6 Å². The van der Waals surface area contributed by atoms with Gasteiger partial charge in [-0.15, -0.1) is 0 Å². The lowest BCUT2D eigenvalue weighted by Gasteiger charge is -2.15. The van der Waals surface area contributed by atoms with Crippen LogP contribution in [-0.4, -0.2) is 18.5 Å². The molecule has 4 aromatic carbocycles. The lowest BCUT2D eigenvalue weighted by Crippen LogP contribution is -2.28. The number of benzene rings is 4. The highest BCUT2D eigenvalue weighted by Crippen LogP contribution is 2.41. The molecule has 0 atom stereocenters. The molecular weight excluding hydrogens is 467 g/mol. The Balaban J connectivity index is 1.74. The summed E-state index contributed by atoms with van der Waals surface area (Å²) in [6.07, 6.45) is 0. The van der Waals surface area contributed by atoms with Crippen LogP contribution in [0.3, 0.4) is 0 Å². The van der Waals surface area contributed by atoms with Gasteiger partial charge >= 0.3 is 15.6 Å². The van der Waals surface area contributed by atoms with Crippen LogP contribution in [0.15, 0.2) is 89.3 Å². The fourth-order valence-corrected chi connectivity index (χ4v) is 4.79. The van der Waals surface area contributed by atoms with Gasteiger partial charge in [-0.25, -0.2) is 0 Å². The van der Waals surface area contributed by atoms with Crippen LogP contribution >= 0.6 is 0 Å². The Morgan fingerprint density at radius 1 is 0.706 bits per heavy atom. The first-order valence-corrected chi connectivity index (χ1v) is 11.6. The number of halogens is 3. The number of fused-ring (bicyclic) bond motifs is 6. The standard InChI is InChI=1S/C25H14F3NO4S/c26-25(27,28)34(30,31)33-24-13-18-17-9-3-6-12-22(17)32-23(18)14-21(24)29-19-10-4-1-7-15(19)16-8-2-5-11-20(16)29/h1-14H. The van der Waals surface area contributed by atoms with Gasteiger partial charge < -0.3 is 13.2 Å². The van der Waals surface area contributed by atoms with E-state index in [1.165, 1.54) is 12.1 Å². The van der Waals surface area contributed by atoms with Crippen molar-refractivity contribution >= 4 is 53.9 Å². The molecule has 0 bridgehead atoms. The highest BCUT2D eigenvalue weighted by Gasteiger charge is 2.49. The zero-order chi connectivity index (χ0) is 23.7. The first kappa shape index (κ1) is 20.6. The number of nitrogens with zero attached hydrogens (tertiary/aromatic N) is 1. The number of para-hydroxylation sites is 3. The fraction of sp³-hybridized carbons (Fsp3) is 0.0400. The van der Waals surface area contributed by atoms with Crippen LogP contribution in [0.2, 0.25) is 0 Å². The molecule has 0 spiro atoms. The molecular formula is C25H14F3NO4S. The summed E-state index contributed by atoms with van der Waals surface area (Å²) in [5, 5.41) is 2.77. The summed E-state index contributed by atoms with van der Waals surface area (Å²) in [5.74, 6) is -0.456. The molecule has 5 nitrogen and oxygen atoms in total. The van der Waals surface area contributed by atoms with Crippen molar-refractivity contribution in [2.75, 3.05) is 0 Å². The number of aromatic nitrogens is 1. The van der Waals surface area contributed by atoms with E-state index in [1.54, 1.807) is 53.1 Å². The number of alkyl halides is 3. The molecule has 2 aromatic heterocycles. The number of hydrogen-bond donors (Lipinski definition) is 0. The van der Waals surface area contributed by atoms with Crippen LogP contribution in [0.4, 0.5) is 13.2 Å². The Morgan fingerprint density at radius 3 is 1.88 bits per heavy atom. The summed E-state index contributed by atoms with van der Waals surface area (Å²) >= 11 is 0. The first-order chi connectivity index (χ1) is 16.2. The largest absolute Gasteiger partial charge is 0.534 e. The maximum absolute atomic E-state index is 13.3. The molecule has 0 saturated heterocycles. The lowest BCUT2D eigenvalue weighted by molar-refractivity contribution is -0.0499. The van der Waals surface area contributed by atoms with Gasteiger partial charge in [-0.2, -0.15) is 21.6 Å². The van der Waals surface area contributed by atoms with Crippen molar-refractivity contribution in [3.05, 3.63) is 84.9 Å². The van der Waals surface area contributed by atoms with E-state index in [2.05, 4.69) is 0 Å². The van der Waals surface area contributed by atoms with Gasteiger partial charge in [-0.05, 0) is 24.3 Å². The molecule has 6 rings (SSSR count).